The predicted octanol–water partition coefficient (Wildman–Crippen LogP) is 5.24. The molecule has 4 aromatic rings. The molecular formula is C27H21Cl2FN6O4. The van der Waals surface area contributed by atoms with Gasteiger partial charge in [0.25, 0.3) is 11.8 Å². The molecule has 1 atom stereocenters. The number of carbonyl (C=O) groups is 2. The molecule has 0 fully saturated rings. The van der Waals surface area contributed by atoms with E-state index in [1.165, 1.54) is 37.4 Å². The van der Waals surface area contributed by atoms with Crippen molar-refractivity contribution in [1.29, 1.82) is 0 Å². The van der Waals surface area contributed by atoms with Gasteiger partial charge in [-0.15, -0.1) is 0 Å². The van der Waals surface area contributed by atoms with Crippen LogP contribution in [0.4, 0.5) is 15.8 Å². The first-order valence-electron chi connectivity index (χ1n) is 12.1. The van der Waals surface area contributed by atoms with E-state index in [0.29, 0.717) is 33.4 Å². The molecule has 0 saturated carbocycles. The van der Waals surface area contributed by atoms with Crippen LogP contribution in [0.3, 0.4) is 0 Å². The summed E-state index contributed by atoms with van der Waals surface area (Å²) in [5.74, 6) is -1.26. The van der Waals surface area contributed by atoms with Crippen LogP contribution in [0.15, 0.2) is 42.6 Å². The SMILES string of the molecule is COc1ncc(-c2nc3c(n2C(C)C)C2(C(=O)Nc4cc(Cl)ccc42)N(c2ccc(F)c(Cl)c2)C3=O)c(OC)n1. The van der Waals surface area contributed by atoms with Gasteiger partial charge in [0.2, 0.25) is 5.88 Å². The number of carbonyl (C=O) groups excluding carboxylic acids is 2. The number of aromatic nitrogens is 4. The number of anilines is 2. The lowest BCUT2D eigenvalue weighted by Crippen LogP contribution is -2.51. The third-order valence-corrected chi connectivity index (χ3v) is 7.49. The highest BCUT2D eigenvalue weighted by atomic mass is 35.5. The van der Waals surface area contributed by atoms with Crippen molar-refractivity contribution in [1.82, 2.24) is 19.5 Å². The standard InChI is InChI=1S/C27H21Cl2FN6O4/c1-12(2)35-21-20(33-22(35)15-11-31-26(40-4)34-23(15)39-3)24(37)36(14-6-8-18(30)17(29)10-14)27(21)16-7-5-13(28)9-19(16)32-25(27)38/h5-12H,1-4H3,(H,32,38). The zero-order chi connectivity index (χ0) is 28.5. The van der Waals surface area contributed by atoms with E-state index in [-0.39, 0.29) is 34.3 Å². The van der Waals surface area contributed by atoms with Gasteiger partial charge < -0.3 is 19.4 Å². The zero-order valence-corrected chi connectivity index (χ0v) is 23.1. The van der Waals surface area contributed by atoms with Crippen LogP contribution in [0.25, 0.3) is 11.4 Å². The fraction of sp³-hybridized carbons (Fsp3) is 0.222. The number of hydrogen-bond acceptors (Lipinski definition) is 7. The van der Waals surface area contributed by atoms with Crippen LogP contribution >= 0.6 is 23.2 Å². The molecule has 0 aliphatic carbocycles. The fourth-order valence-corrected chi connectivity index (χ4v) is 5.75. The quantitative estimate of drug-likeness (QED) is 0.342. The Hall–Kier alpha value is -4.22. The van der Waals surface area contributed by atoms with Crippen LogP contribution in [-0.2, 0) is 10.3 Å². The van der Waals surface area contributed by atoms with Gasteiger partial charge in [-0.05, 0) is 44.2 Å². The molecule has 4 heterocycles. The molecule has 2 aliphatic rings. The predicted molar refractivity (Wildman–Crippen MR) is 146 cm³/mol. The van der Waals surface area contributed by atoms with E-state index in [1.54, 1.807) is 22.8 Å². The second-order valence-corrected chi connectivity index (χ2v) is 10.3. The summed E-state index contributed by atoms with van der Waals surface area (Å²) in [6, 6.07) is 8.57. The largest absolute Gasteiger partial charge is 0.480 e. The first kappa shape index (κ1) is 26.0. The normalized spacial score (nSPS) is 17.4. The summed E-state index contributed by atoms with van der Waals surface area (Å²) in [4.78, 5) is 43.0. The van der Waals surface area contributed by atoms with E-state index in [0.717, 1.165) is 6.07 Å². The lowest BCUT2D eigenvalue weighted by Gasteiger charge is -2.35. The monoisotopic (exact) mass is 582 g/mol. The van der Waals surface area contributed by atoms with E-state index >= 15 is 0 Å². The van der Waals surface area contributed by atoms with Crippen LogP contribution in [0.1, 0.15) is 41.6 Å². The number of nitrogens with one attached hydrogen (secondary N) is 1. The molecule has 13 heteroatoms. The molecule has 1 spiro atoms. The highest BCUT2D eigenvalue weighted by molar-refractivity contribution is 6.32. The third kappa shape index (κ3) is 3.44. The number of ether oxygens (including phenoxy) is 2. The summed E-state index contributed by atoms with van der Waals surface area (Å²) in [5, 5.41) is 3.08. The van der Waals surface area contributed by atoms with Gasteiger partial charge in [-0.25, -0.2) is 14.4 Å². The van der Waals surface area contributed by atoms with Crippen LogP contribution in [0.5, 0.6) is 11.9 Å². The average molecular weight is 583 g/mol. The number of halogens is 3. The number of hydrogen-bond donors (Lipinski definition) is 1. The topological polar surface area (TPSA) is 111 Å². The number of nitrogens with zero attached hydrogens (tertiary/aromatic N) is 5. The number of imidazole rings is 1. The summed E-state index contributed by atoms with van der Waals surface area (Å²) in [7, 11) is 2.87. The Balaban J connectivity index is 1.71. The molecule has 10 nitrogen and oxygen atoms in total. The maximum Gasteiger partial charge on any atom is 0.319 e. The van der Waals surface area contributed by atoms with Crippen molar-refractivity contribution in [3.05, 3.63) is 75.4 Å². The third-order valence-electron chi connectivity index (χ3n) is 6.97. The molecule has 2 amide bonds. The lowest BCUT2D eigenvalue weighted by atomic mass is 9.87. The van der Waals surface area contributed by atoms with E-state index in [9.17, 15) is 14.0 Å². The van der Waals surface area contributed by atoms with E-state index in [1.807, 2.05) is 13.8 Å². The molecule has 0 radical (unpaired) electrons. The minimum Gasteiger partial charge on any atom is -0.480 e. The molecular weight excluding hydrogens is 562 g/mol. The van der Waals surface area contributed by atoms with Crippen LogP contribution in [-0.4, -0.2) is 45.6 Å². The molecule has 204 valence electrons. The highest BCUT2D eigenvalue weighted by Crippen LogP contribution is 2.54. The maximum absolute atomic E-state index is 14.3. The van der Waals surface area contributed by atoms with Gasteiger partial charge in [-0.2, -0.15) is 4.98 Å². The Labute approximate surface area is 237 Å². The van der Waals surface area contributed by atoms with Gasteiger partial charge in [0, 0.05) is 34.2 Å². The number of benzene rings is 2. The van der Waals surface area contributed by atoms with Crippen molar-refractivity contribution in [3.8, 4) is 23.3 Å². The number of methoxy groups -OCH3 is 2. The minimum atomic E-state index is -1.72. The Morgan fingerprint density at radius 1 is 1.05 bits per heavy atom. The summed E-state index contributed by atoms with van der Waals surface area (Å²) < 4.78 is 26.6. The van der Waals surface area contributed by atoms with Gasteiger partial charge in [0.05, 0.1) is 30.5 Å². The molecule has 1 unspecified atom stereocenters. The van der Waals surface area contributed by atoms with Crippen molar-refractivity contribution in [2.45, 2.75) is 25.4 Å². The highest BCUT2D eigenvalue weighted by Gasteiger charge is 2.64. The van der Waals surface area contributed by atoms with Crippen molar-refractivity contribution in [2.24, 2.45) is 0 Å². The van der Waals surface area contributed by atoms with Crippen molar-refractivity contribution >= 4 is 46.4 Å². The molecule has 0 saturated heterocycles. The second kappa shape index (κ2) is 9.17. The maximum atomic E-state index is 14.3. The fourth-order valence-electron chi connectivity index (χ4n) is 5.41. The molecule has 6 rings (SSSR count). The summed E-state index contributed by atoms with van der Waals surface area (Å²) in [5.41, 5.74) is 0.138. The molecule has 2 aliphatic heterocycles. The Morgan fingerprint density at radius 3 is 2.50 bits per heavy atom. The van der Waals surface area contributed by atoms with Gasteiger partial charge in [-0.3, -0.25) is 14.5 Å². The van der Waals surface area contributed by atoms with Crippen LogP contribution in [0.2, 0.25) is 10.0 Å². The van der Waals surface area contributed by atoms with E-state index in [2.05, 4.69) is 15.3 Å². The molecule has 0 bridgehead atoms. The first-order chi connectivity index (χ1) is 19.1. The Bertz CT molecular complexity index is 1740. The van der Waals surface area contributed by atoms with Crippen LogP contribution in [0, 0.1) is 5.82 Å². The van der Waals surface area contributed by atoms with Crippen molar-refractivity contribution in [2.75, 3.05) is 24.4 Å². The molecule has 2 aromatic carbocycles. The van der Waals surface area contributed by atoms with Gasteiger partial charge >= 0.3 is 6.01 Å². The smallest absolute Gasteiger partial charge is 0.319 e. The average Bonchev–Trinajstić information content (AvgIpc) is 3.53. The summed E-state index contributed by atoms with van der Waals surface area (Å²) in [6.45, 7) is 3.79. The molecule has 1 N–H and O–H groups in total. The van der Waals surface area contributed by atoms with E-state index < -0.39 is 23.2 Å². The minimum absolute atomic E-state index is 0.0277. The second-order valence-electron chi connectivity index (χ2n) is 9.47. The van der Waals surface area contributed by atoms with Crippen molar-refractivity contribution in [3.63, 3.8) is 0 Å². The first-order valence-corrected chi connectivity index (χ1v) is 12.9. The van der Waals surface area contributed by atoms with E-state index in [4.69, 9.17) is 37.7 Å². The summed E-state index contributed by atoms with van der Waals surface area (Å²) >= 11 is 12.4. The zero-order valence-electron chi connectivity index (χ0n) is 21.6. The number of fused-ring (bicyclic) bond motifs is 4. The lowest BCUT2D eigenvalue weighted by molar-refractivity contribution is -0.119. The summed E-state index contributed by atoms with van der Waals surface area (Å²) in [6.07, 6.45) is 1.48. The van der Waals surface area contributed by atoms with Gasteiger partial charge in [0.15, 0.2) is 11.2 Å². The number of amides is 2. The number of rotatable bonds is 5. The Kier molecular flexibility index (Phi) is 5.97. The van der Waals surface area contributed by atoms with Crippen molar-refractivity contribution < 1.29 is 23.5 Å². The van der Waals surface area contributed by atoms with Crippen LogP contribution < -0.4 is 19.7 Å². The molecule has 2 aromatic heterocycles. The van der Waals surface area contributed by atoms with Gasteiger partial charge in [0.1, 0.15) is 11.6 Å². The molecule has 40 heavy (non-hydrogen) atoms. The Morgan fingerprint density at radius 2 is 1.82 bits per heavy atom. The van der Waals surface area contributed by atoms with Gasteiger partial charge in [-0.1, -0.05) is 29.3 Å².